The minimum atomic E-state index is -0.489. The van der Waals surface area contributed by atoms with Crippen LogP contribution >= 0.6 is 0 Å². The van der Waals surface area contributed by atoms with E-state index in [0.29, 0.717) is 0 Å². The lowest BCUT2D eigenvalue weighted by molar-refractivity contribution is -0.132. The minimum Gasteiger partial charge on any atom is -0.338 e. The molecule has 0 spiro atoms. The quantitative estimate of drug-likeness (QED) is 0.906. The molecule has 0 aliphatic rings. The lowest BCUT2D eigenvalue weighted by Crippen LogP contribution is -2.40. The van der Waals surface area contributed by atoms with Crippen LogP contribution in [0.2, 0.25) is 0 Å². The Balaban J connectivity index is 2.15. The van der Waals surface area contributed by atoms with Gasteiger partial charge < -0.3 is 10.6 Å². The molecule has 0 fully saturated rings. The standard InChI is InChI=1S/C14H19N5O/c1-10(15)14(20)18(3)11(2)12-4-6-13(7-5-12)19-9-16-8-17-19/h4-11H,15H2,1-3H3/t10-,11?/m0/s1. The van der Waals surface area contributed by atoms with Crippen LogP contribution in [0.5, 0.6) is 0 Å². The molecule has 0 saturated heterocycles. The van der Waals surface area contributed by atoms with E-state index in [1.54, 1.807) is 29.9 Å². The molecule has 1 amide bonds. The Morgan fingerprint density at radius 2 is 1.95 bits per heavy atom. The molecule has 2 aromatic rings. The van der Waals surface area contributed by atoms with Gasteiger partial charge in [-0.15, -0.1) is 0 Å². The highest BCUT2D eigenvalue weighted by molar-refractivity contribution is 5.81. The van der Waals surface area contributed by atoms with Crippen molar-refractivity contribution in [1.82, 2.24) is 19.7 Å². The van der Waals surface area contributed by atoms with Gasteiger partial charge in [0.05, 0.1) is 17.8 Å². The van der Waals surface area contributed by atoms with Gasteiger partial charge in [0.2, 0.25) is 5.91 Å². The number of carbonyl (C=O) groups excluding carboxylic acids is 1. The van der Waals surface area contributed by atoms with E-state index in [0.717, 1.165) is 11.3 Å². The Hall–Kier alpha value is -2.21. The number of carbonyl (C=O) groups is 1. The fourth-order valence-electron chi connectivity index (χ4n) is 1.98. The molecule has 1 aromatic carbocycles. The predicted molar refractivity (Wildman–Crippen MR) is 76.2 cm³/mol. The topological polar surface area (TPSA) is 77.0 Å². The second-order valence-corrected chi connectivity index (χ2v) is 4.85. The first-order chi connectivity index (χ1) is 9.50. The minimum absolute atomic E-state index is 0.0294. The van der Waals surface area contributed by atoms with E-state index >= 15 is 0 Å². The molecule has 2 rings (SSSR count). The van der Waals surface area contributed by atoms with E-state index in [1.165, 1.54) is 6.33 Å². The van der Waals surface area contributed by atoms with Crippen molar-refractivity contribution >= 4 is 5.91 Å². The van der Waals surface area contributed by atoms with Gasteiger partial charge in [-0.1, -0.05) is 12.1 Å². The van der Waals surface area contributed by atoms with Crippen molar-refractivity contribution < 1.29 is 4.79 Å². The normalized spacial score (nSPS) is 13.8. The van der Waals surface area contributed by atoms with E-state index in [-0.39, 0.29) is 11.9 Å². The number of aromatic nitrogens is 3. The summed E-state index contributed by atoms with van der Waals surface area (Å²) in [7, 11) is 1.77. The van der Waals surface area contributed by atoms with Crippen LogP contribution in [0.1, 0.15) is 25.5 Å². The third-order valence-corrected chi connectivity index (χ3v) is 3.38. The fourth-order valence-corrected chi connectivity index (χ4v) is 1.98. The molecule has 0 aliphatic carbocycles. The highest BCUT2D eigenvalue weighted by atomic mass is 16.2. The van der Waals surface area contributed by atoms with Gasteiger partial charge in [-0.05, 0) is 31.5 Å². The third-order valence-electron chi connectivity index (χ3n) is 3.38. The maximum absolute atomic E-state index is 11.9. The molecule has 0 aliphatic heterocycles. The van der Waals surface area contributed by atoms with Crippen molar-refractivity contribution in [2.75, 3.05) is 7.05 Å². The van der Waals surface area contributed by atoms with Crippen LogP contribution in [-0.4, -0.2) is 38.7 Å². The molecular weight excluding hydrogens is 254 g/mol. The number of benzene rings is 1. The second-order valence-electron chi connectivity index (χ2n) is 4.85. The van der Waals surface area contributed by atoms with Crippen LogP contribution in [0.15, 0.2) is 36.9 Å². The summed E-state index contributed by atoms with van der Waals surface area (Å²) in [6.07, 6.45) is 3.13. The summed E-state index contributed by atoms with van der Waals surface area (Å²) in [6, 6.07) is 7.34. The van der Waals surface area contributed by atoms with Gasteiger partial charge >= 0.3 is 0 Å². The summed E-state index contributed by atoms with van der Waals surface area (Å²) >= 11 is 0. The average molecular weight is 273 g/mol. The van der Waals surface area contributed by atoms with E-state index in [4.69, 9.17) is 5.73 Å². The van der Waals surface area contributed by atoms with Gasteiger partial charge in [-0.3, -0.25) is 4.79 Å². The van der Waals surface area contributed by atoms with Gasteiger partial charge in [0, 0.05) is 7.05 Å². The summed E-state index contributed by atoms with van der Waals surface area (Å²) in [6.45, 7) is 3.67. The van der Waals surface area contributed by atoms with Gasteiger partial charge in [0.15, 0.2) is 0 Å². The van der Waals surface area contributed by atoms with Crippen LogP contribution < -0.4 is 5.73 Å². The number of hydrogen-bond acceptors (Lipinski definition) is 4. The molecule has 0 saturated carbocycles. The summed E-state index contributed by atoms with van der Waals surface area (Å²) in [5.74, 6) is -0.0714. The maximum Gasteiger partial charge on any atom is 0.239 e. The fraction of sp³-hybridized carbons (Fsp3) is 0.357. The van der Waals surface area contributed by atoms with Crippen LogP contribution in [0, 0.1) is 0 Å². The number of nitrogens with zero attached hydrogens (tertiary/aromatic N) is 4. The lowest BCUT2D eigenvalue weighted by atomic mass is 10.1. The van der Waals surface area contributed by atoms with E-state index in [1.807, 2.05) is 31.2 Å². The number of hydrogen-bond donors (Lipinski definition) is 1. The highest BCUT2D eigenvalue weighted by Crippen LogP contribution is 2.20. The number of nitrogens with two attached hydrogens (primary N) is 1. The van der Waals surface area contributed by atoms with Crippen LogP contribution in [-0.2, 0) is 4.79 Å². The van der Waals surface area contributed by atoms with Crippen molar-refractivity contribution in [3.05, 3.63) is 42.5 Å². The van der Waals surface area contributed by atoms with Crippen molar-refractivity contribution in [2.45, 2.75) is 25.9 Å². The van der Waals surface area contributed by atoms with Gasteiger partial charge in [-0.2, -0.15) is 5.10 Å². The van der Waals surface area contributed by atoms with Crippen molar-refractivity contribution in [2.24, 2.45) is 5.73 Å². The third kappa shape index (κ3) is 2.85. The average Bonchev–Trinajstić information content (AvgIpc) is 2.99. The van der Waals surface area contributed by atoms with Crippen LogP contribution in [0.4, 0.5) is 0 Å². The Morgan fingerprint density at radius 3 is 2.45 bits per heavy atom. The Morgan fingerprint density at radius 1 is 1.30 bits per heavy atom. The first-order valence-corrected chi connectivity index (χ1v) is 6.48. The van der Waals surface area contributed by atoms with Gasteiger partial charge in [0.25, 0.3) is 0 Å². The Bertz CT molecular complexity index is 562. The zero-order chi connectivity index (χ0) is 14.7. The molecule has 1 aromatic heterocycles. The van der Waals surface area contributed by atoms with Gasteiger partial charge in [-0.25, -0.2) is 9.67 Å². The van der Waals surface area contributed by atoms with E-state index < -0.39 is 6.04 Å². The lowest BCUT2D eigenvalue weighted by Gasteiger charge is -2.27. The molecule has 6 heteroatoms. The largest absolute Gasteiger partial charge is 0.338 e. The van der Waals surface area contributed by atoms with Crippen molar-refractivity contribution in [3.8, 4) is 5.69 Å². The number of amides is 1. The SMILES string of the molecule is CC(c1ccc(-n2cncn2)cc1)N(C)C(=O)[C@H](C)N. The van der Waals surface area contributed by atoms with Crippen molar-refractivity contribution in [3.63, 3.8) is 0 Å². The summed E-state index contributed by atoms with van der Waals surface area (Å²) < 4.78 is 1.69. The molecule has 2 N–H and O–H groups in total. The Labute approximate surface area is 118 Å². The van der Waals surface area contributed by atoms with Crippen molar-refractivity contribution in [1.29, 1.82) is 0 Å². The molecule has 1 unspecified atom stereocenters. The number of likely N-dealkylation sites (N-methyl/N-ethyl adjacent to an activating group) is 1. The van der Waals surface area contributed by atoms with E-state index in [9.17, 15) is 4.79 Å². The summed E-state index contributed by atoms with van der Waals surface area (Å²) in [5.41, 5.74) is 7.61. The molecule has 1 heterocycles. The summed E-state index contributed by atoms with van der Waals surface area (Å²) in [4.78, 5) is 17.5. The molecule has 0 bridgehead atoms. The number of rotatable bonds is 4. The monoisotopic (exact) mass is 273 g/mol. The molecule has 106 valence electrons. The first kappa shape index (κ1) is 14.2. The smallest absolute Gasteiger partial charge is 0.239 e. The predicted octanol–water partition coefficient (Wildman–Crippen LogP) is 1.13. The first-order valence-electron chi connectivity index (χ1n) is 6.48. The summed E-state index contributed by atoms with van der Waals surface area (Å²) in [5, 5.41) is 4.07. The molecule has 0 radical (unpaired) electrons. The maximum atomic E-state index is 11.9. The highest BCUT2D eigenvalue weighted by Gasteiger charge is 2.19. The van der Waals surface area contributed by atoms with E-state index in [2.05, 4.69) is 10.1 Å². The van der Waals surface area contributed by atoms with Crippen LogP contribution in [0.3, 0.4) is 0 Å². The Kier molecular flexibility index (Phi) is 4.14. The molecule has 2 atom stereocenters. The molecule has 20 heavy (non-hydrogen) atoms. The van der Waals surface area contributed by atoms with Crippen LogP contribution in [0.25, 0.3) is 5.69 Å². The molecule has 6 nitrogen and oxygen atoms in total. The molecular formula is C14H19N5O. The zero-order valence-electron chi connectivity index (χ0n) is 11.9. The zero-order valence-corrected chi connectivity index (χ0v) is 11.9. The van der Waals surface area contributed by atoms with Gasteiger partial charge in [0.1, 0.15) is 12.7 Å². The second kappa shape index (κ2) is 5.83.